The fourth-order valence-electron chi connectivity index (χ4n) is 2.94. The van der Waals surface area contributed by atoms with E-state index in [2.05, 4.69) is 19.3 Å². The Labute approximate surface area is 184 Å². The van der Waals surface area contributed by atoms with Crippen LogP contribution in [0.4, 0.5) is 5.69 Å². The van der Waals surface area contributed by atoms with Gasteiger partial charge in [0.25, 0.3) is 0 Å². The van der Waals surface area contributed by atoms with Crippen LogP contribution in [0.25, 0.3) is 11.3 Å². The number of rotatable bonds is 10. The first-order chi connectivity index (χ1) is 15.0. The average Bonchev–Trinajstić information content (AvgIpc) is 2.78. The first-order valence-corrected chi connectivity index (χ1v) is 10.7. The molecule has 1 aromatic carbocycles. The Balaban J connectivity index is 1.52. The molecule has 0 aliphatic rings. The molecule has 31 heavy (non-hydrogen) atoms. The second-order valence-corrected chi connectivity index (χ2v) is 7.97. The molecule has 2 aromatic heterocycles. The number of aryl methyl sites for hydroxylation is 1. The molecule has 0 saturated carbocycles. The molecule has 0 fully saturated rings. The quantitative estimate of drug-likeness (QED) is 0.213. The number of nitrogens with zero attached hydrogens (tertiary/aromatic N) is 3. The molecule has 2 atom stereocenters. The van der Waals surface area contributed by atoms with Gasteiger partial charge in [-0.1, -0.05) is 39.6 Å². The standard InChI is InChI=1S/C23H26N4O3P/c1-17(31)30-23-21(26-24)10-9-20(25-23)19-11-14-27(15-12-19)13-5-8-22(28)29-16-18-6-3-2-4-7-18/h2-4,6-7,9-12,14-15,17,24H,5,8,13,16,31H2,1H3/q+1. The zero-order valence-electron chi connectivity index (χ0n) is 17.4. The van der Waals surface area contributed by atoms with Crippen LogP contribution < -0.4 is 9.30 Å². The van der Waals surface area contributed by atoms with Gasteiger partial charge in [0.15, 0.2) is 12.4 Å². The van der Waals surface area contributed by atoms with E-state index >= 15 is 0 Å². The molecule has 2 heterocycles. The molecule has 0 radical (unpaired) electrons. The fraction of sp³-hybridized carbons (Fsp3) is 0.261. The summed E-state index contributed by atoms with van der Waals surface area (Å²) in [6, 6.07) is 17.1. The highest BCUT2D eigenvalue weighted by molar-refractivity contribution is 7.17. The molecular formula is C23H26N4O3P+. The van der Waals surface area contributed by atoms with E-state index in [1.54, 1.807) is 6.07 Å². The largest absolute Gasteiger partial charge is 0.469 e. The second-order valence-electron chi connectivity index (χ2n) is 7.03. The van der Waals surface area contributed by atoms with Gasteiger partial charge in [-0.15, -0.1) is 0 Å². The van der Waals surface area contributed by atoms with Crippen molar-refractivity contribution in [3.63, 3.8) is 0 Å². The van der Waals surface area contributed by atoms with E-state index in [-0.39, 0.29) is 11.8 Å². The predicted molar refractivity (Wildman–Crippen MR) is 120 cm³/mol. The van der Waals surface area contributed by atoms with E-state index in [9.17, 15) is 4.79 Å². The normalized spacial score (nSPS) is 11.5. The van der Waals surface area contributed by atoms with Gasteiger partial charge in [0.1, 0.15) is 24.7 Å². The molecule has 0 spiro atoms. The van der Waals surface area contributed by atoms with E-state index in [0.29, 0.717) is 37.6 Å². The van der Waals surface area contributed by atoms with Crippen molar-refractivity contribution < 1.29 is 18.8 Å². The zero-order valence-corrected chi connectivity index (χ0v) is 18.6. The van der Waals surface area contributed by atoms with Gasteiger partial charge in [-0.25, -0.2) is 15.1 Å². The Morgan fingerprint density at radius 1 is 1.16 bits per heavy atom. The lowest BCUT2D eigenvalue weighted by Crippen LogP contribution is -2.32. The summed E-state index contributed by atoms with van der Waals surface area (Å²) in [4.78, 5) is 16.4. The number of carbonyl (C=O) groups excluding carboxylic acids is 1. The van der Waals surface area contributed by atoms with Crippen LogP contribution in [0.2, 0.25) is 0 Å². The Bertz CT molecular complexity index is 1010. The predicted octanol–water partition coefficient (Wildman–Crippen LogP) is 4.82. The molecule has 8 heteroatoms. The van der Waals surface area contributed by atoms with Crippen molar-refractivity contribution in [3.05, 3.63) is 72.6 Å². The number of nitrogens with one attached hydrogen (secondary N) is 1. The minimum Gasteiger partial charge on any atom is -0.469 e. The number of pyridine rings is 2. The summed E-state index contributed by atoms with van der Waals surface area (Å²) in [7, 11) is 2.54. The van der Waals surface area contributed by atoms with Gasteiger partial charge in [-0.3, -0.25) is 4.79 Å². The first-order valence-electron chi connectivity index (χ1n) is 10.0. The molecule has 7 nitrogen and oxygen atoms in total. The molecule has 0 bridgehead atoms. The lowest BCUT2D eigenvalue weighted by Gasteiger charge is -2.11. The van der Waals surface area contributed by atoms with Crippen LogP contribution in [0.5, 0.6) is 5.88 Å². The van der Waals surface area contributed by atoms with Crippen LogP contribution in [-0.2, 0) is 22.7 Å². The summed E-state index contributed by atoms with van der Waals surface area (Å²) in [6.07, 6.45) is 4.97. The molecule has 1 N–H and O–H groups in total. The van der Waals surface area contributed by atoms with E-state index in [0.717, 1.165) is 16.8 Å². The summed E-state index contributed by atoms with van der Waals surface area (Å²) in [5, 5.41) is 3.46. The lowest BCUT2D eigenvalue weighted by atomic mass is 10.1. The molecule has 3 rings (SSSR count). The molecular weight excluding hydrogens is 411 g/mol. The van der Waals surface area contributed by atoms with Gasteiger partial charge in [-0.2, -0.15) is 5.11 Å². The van der Waals surface area contributed by atoms with Crippen molar-refractivity contribution in [3.8, 4) is 17.1 Å². The number of esters is 1. The van der Waals surface area contributed by atoms with Crippen LogP contribution in [0.15, 0.2) is 72.1 Å². The first kappa shape index (κ1) is 22.5. The number of benzene rings is 1. The monoisotopic (exact) mass is 437 g/mol. The molecule has 3 aromatic rings. The summed E-state index contributed by atoms with van der Waals surface area (Å²) < 4.78 is 13.0. The molecule has 0 amide bonds. The van der Waals surface area contributed by atoms with Gasteiger partial charge < -0.3 is 9.47 Å². The minimum absolute atomic E-state index is 0.138. The summed E-state index contributed by atoms with van der Waals surface area (Å²) in [6.45, 7) is 2.89. The Kier molecular flexibility index (Phi) is 8.19. The number of ether oxygens (including phenoxy) is 2. The molecule has 0 aliphatic carbocycles. The van der Waals surface area contributed by atoms with Crippen molar-refractivity contribution in [2.45, 2.75) is 38.8 Å². The molecule has 0 saturated heterocycles. The van der Waals surface area contributed by atoms with Crippen molar-refractivity contribution in [2.24, 2.45) is 5.11 Å². The van der Waals surface area contributed by atoms with Gasteiger partial charge in [0.2, 0.25) is 5.88 Å². The number of aromatic nitrogens is 2. The average molecular weight is 437 g/mol. The van der Waals surface area contributed by atoms with E-state index in [1.165, 1.54) is 0 Å². The van der Waals surface area contributed by atoms with E-state index in [4.69, 9.17) is 15.0 Å². The maximum Gasteiger partial charge on any atom is 0.306 e. The molecule has 160 valence electrons. The SMILES string of the molecule is CC(P)Oc1nc(-c2cc[n+](CCCC(=O)OCc3ccccc3)cc2)ccc1N=N. The third kappa shape index (κ3) is 6.93. The summed E-state index contributed by atoms with van der Waals surface area (Å²) in [5.74, 6) is 0.00215. The van der Waals surface area contributed by atoms with Gasteiger partial charge in [0, 0.05) is 24.1 Å². The minimum atomic E-state index is -0.194. The number of carbonyl (C=O) groups is 1. The highest BCUT2D eigenvalue weighted by Crippen LogP contribution is 2.30. The summed E-state index contributed by atoms with van der Waals surface area (Å²) in [5.41, 5.74) is 10.3. The van der Waals surface area contributed by atoms with Crippen LogP contribution in [0.3, 0.4) is 0 Å². The highest BCUT2D eigenvalue weighted by atomic mass is 31.0. The maximum atomic E-state index is 11.9. The second kappa shape index (κ2) is 11.3. The topological polar surface area (TPSA) is 88.5 Å². The number of hydrogen-bond donors (Lipinski definition) is 1. The van der Waals surface area contributed by atoms with Crippen LogP contribution in [0, 0.1) is 5.53 Å². The molecule has 2 unspecified atom stereocenters. The fourth-order valence-corrected chi connectivity index (χ4v) is 3.06. The third-order valence-electron chi connectivity index (χ3n) is 4.48. The van der Waals surface area contributed by atoms with Crippen LogP contribution >= 0.6 is 9.24 Å². The highest BCUT2D eigenvalue weighted by Gasteiger charge is 2.12. The third-order valence-corrected chi connectivity index (χ3v) is 4.62. The number of hydrogen-bond acceptors (Lipinski definition) is 6. The summed E-state index contributed by atoms with van der Waals surface area (Å²) >= 11 is 0. The Morgan fingerprint density at radius 2 is 1.90 bits per heavy atom. The Hall–Kier alpha value is -3.18. The van der Waals surface area contributed by atoms with Crippen molar-refractivity contribution in [2.75, 3.05) is 0 Å². The zero-order chi connectivity index (χ0) is 22.1. The van der Waals surface area contributed by atoms with Crippen molar-refractivity contribution in [1.82, 2.24) is 4.98 Å². The Morgan fingerprint density at radius 3 is 2.58 bits per heavy atom. The molecule has 0 aliphatic heterocycles. The maximum absolute atomic E-state index is 11.9. The smallest absolute Gasteiger partial charge is 0.306 e. The van der Waals surface area contributed by atoms with Crippen LogP contribution in [-0.4, -0.2) is 16.8 Å². The van der Waals surface area contributed by atoms with Gasteiger partial charge in [0.05, 0.1) is 12.1 Å². The van der Waals surface area contributed by atoms with Gasteiger partial charge in [-0.05, 0) is 24.6 Å². The lowest BCUT2D eigenvalue weighted by molar-refractivity contribution is -0.697. The van der Waals surface area contributed by atoms with Crippen molar-refractivity contribution in [1.29, 1.82) is 5.53 Å². The van der Waals surface area contributed by atoms with Gasteiger partial charge >= 0.3 is 5.97 Å². The van der Waals surface area contributed by atoms with E-state index < -0.39 is 0 Å². The van der Waals surface area contributed by atoms with Crippen molar-refractivity contribution >= 4 is 20.9 Å². The van der Waals surface area contributed by atoms with E-state index in [1.807, 2.05) is 72.4 Å². The van der Waals surface area contributed by atoms with Crippen LogP contribution in [0.1, 0.15) is 25.3 Å².